The van der Waals surface area contributed by atoms with Crippen molar-refractivity contribution in [3.8, 4) is 6.07 Å². The average Bonchev–Trinajstić information content (AvgIpc) is 2.76. The van der Waals surface area contributed by atoms with Crippen molar-refractivity contribution in [3.63, 3.8) is 0 Å². The zero-order valence-electron chi connectivity index (χ0n) is 15.9. The predicted molar refractivity (Wildman–Crippen MR) is 105 cm³/mol. The first-order valence-corrected chi connectivity index (χ1v) is 8.49. The van der Waals surface area contributed by atoms with Crippen molar-refractivity contribution in [1.82, 2.24) is 5.32 Å². The van der Waals surface area contributed by atoms with Gasteiger partial charge in [0.15, 0.2) is 0 Å². The van der Waals surface area contributed by atoms with Crippen LogP contribution in [-0.2, 0) is 20.8 Å². The predicted octanol–water partition coefficient (Wildman–Crippen LogP) is 2.40. The Balaban J connectivity index is 2.03. The van der Waals surface area contributed by atoms with E-state index < -0.39 is 17.8 Å². The fourth-order valence-corrected chi connectivity index (χ4v) is 2.37. The fourth-order valence-electron chi connectivity index (χ4n) is 2.37. The van der Waals surface area contributed by atoms with Crippen LogP contribution in [0.1, 0.15) is 26.3 Å². The molecule has 29 heavy (non-hydrogen) atoms. The van der Waals surface area contributed by atoms with E-state index in [1.54, 1.807) is 36.4 Å². The second-order valence-electron chi connectivity index (χ2n) is 5.73. The van der Waals surface area contributed by atoms with E-state index in [4.69, 9.17) is 0 Å². The number of benzene rings is 2. The van der Waals surface area contributed by atoms with Gasteiger partial charge in [0.1, 0.15) is 11.6 Å². The number of carbonyl (C=O) groups excluding carboxylic acids is 3. The molecule has 2 aromatic rings. The zero-order valence-corrected chi connectivity index (χ0v) is 15.9. The van der Waals surface area contributed by atoms with Crippen LogP contribution in [0.4, 0.5) is 5.69 Å². The molecule has 0 saturated heterocycles. The number of amides is 1. The highest BCUT2D eigenvalue weighted by Gasteiger charge is 2.15. The number of methoxy groups -OCH3 is 2. The lowest BCUT2D eigenvalue weighted by molar-refractivity contribution is -0.112. The minimum absolute atomic E-state index is 0.171. The van der Waals surface area contributed by atoms with E-state index in [0.29, 0.717) is 12.1 Å². The molecule has 1 amide bonds. The van der Waals surface area contributed by atoms with Gasteiger partial charge in [-0.25, -0.2) is 9.59 Å². The average molecular weight is 393 g/mol. The summed E-state index contributed by atoms with van der Waals surface area (Å²) in [6, 6.07) is 14.8. The molecule has 0 aliphatic rings. The Bertz CT molecular complexity index is 975. The van der Waals surface area contributed by atoms with Crippen molar-refractivity contribution in [2.75, 3.05) is 19.5 Å². The van der Waals surface area contributed by atoms with Crippen LogP contribution in [0.3, 0.4) is 0 Å². The summed E-state index contributed by atoms with van der Waals surface area (Å²) < 4.78 is 9.31. The normalized spacial score (nSPS) is 10.4. The molecular formula is C21H19N3O5. The Morgan fingerprint density at radius 1 is 1.00 bits per heavy atom. The quantitative estimate of drug-likeness (QED) is 0.421. The first-order valence-electron chi connectivity index (χ1n) is 8.49. The van der Waals surface area contributed by atoms with Gasteiger partial charge in [0.05, 0.1) is 31.0 Å². The summed E-state index contributed by atoms with van der Waals surface area (Å²) in [6.45, 7) is 0.332. The lowest BCUT2D eigenvalue weighted by Crippen LogP contribution is -2.18. The van der Waals surface area contributed by atoms with E-state index in [0.717, 1.165) is 5.56 Å². The van der Waals surface area contributed by atoms with Crippen molar-refractivity contribution < 1.29 is 23.9 Å². The largest absolute Gasteiger partial charge is 0.465 e. The summed E-state index contributed by atoms with van der Waals surface area (Å²) in [4.78, 5) is 35.6. The van der Waals surface area contributed by atoms with E-state index in [-0.39, 0.29) is 16.8 Å². The highest BCUT2D eigenvalue weighted by molar-refractivity contribution is 6.09. The number of ether oxygens (including phenoxy) is 2. The van der Waals surface area contributed by atoms with Crippen molar-refractivity contribution in [1.29, 1.82) is 5.26 Å². The van der Waals surface area contributed by atoms with Gasteiger partial charge in [-0.1, -0.05) is 24.3 Å². The van der Waals surface area contributed by atoms with Gasteiger partial charge < -0.3 is 20.1 Å². The molecule has 0 aliphatic heterocycles. The van der Waals surface area contributed by atoms with Crippen molar-refractivity contribution in [2.45, 2.75) is 6.54 Å². The second kappa shape index (κ2) is 10.3. The Kier molecular flexibility index (Phi) is 7.51. The maximum absolute atomic E-state index is 12.4. The molecule has 0 saturated carbocycles. The molecule has 0 unspecified atom stereocenters. The molecular weight excluding hydrogens is 374 g/mol. The highest BCUT2D eigenvalue weighted by Crippen LogP contribution is 2.16. The van der Waals surface area contributed by atoms with Gasteiger partial charge in [0, 0.05) is 12.7 Å². The maximum Gasteiger partial charge on any atom is 0.339 e. The van der Waals surface area contributed by atoms with Crippen molar-refractivity contribution in [3.05, 3.63) is 77.0 Å². The summed E-state index contributed by atoms with van der Waals surface area (Å²) in [5.41, 5.74) is 1.51. The molecule has 0 aliphatic carbocycles. The number of para-hydroxylation sites is 1. The molecule has 0 spiro atoms. The van der Waals surface area contributed by atoms with Crippen LogP contribution in [-0.4, -0.2) is 32.1 Å². The lowest BCUT2D eigenvalue weighted by Gasteiger charge is -2.09. The minimum atomic E-state index is -0.669. The lowest BCUT2D eigenvalue weighted by atomic mass is 10.1. The molecule has 2 aromatic carbocycles. The zero-order chi connectivity index (χ0) is 21.2. The van der Waals surface area contributed by atoms with Crippen LogP contribution in [0.5, 0.6) is 0 Å². The monoisotopic (exact) mass is 393 g/mol. The Hall–Kier alpha value is -4.12. The fraction of sp³-hybridized carbons (Fsp3) is 0.143. The van der Waals surface area contributed by atoms with Gasteiger partial charge in [-0.2, -0.15) is 5.26 Å². The summed E-state index contributed by atoms with van der Waals surface area (Å²) >= 11 is 0. The molecule has 148 valence electrons. The molecule has 0 atom stereocenters. The number of anilines is 1. The number of esters is 2. The molecule has 2 N–H and O–H groups in total. The van der Waals surface area contributed by atoms with Crippen molar-refractivity contribution in [2.24, 2.45) is 0 Å². The van der Waals surface area contributed by atoms with E-state index >= 15 is 0 Å². The molecule has 0 heterocycles. The van der Waals surface area contributed by atoms with Crippen LogP contribution in [0.2, 0.25) is 0 Å². The number of carbonyl (C=O) groups is 3. The smallest absolute Gasteiger partial charge is 0.339 e. The van der Waals surface area contributed by atoms with Gasteiger partial charge >= 0.3 is 11.9 Å². The van der Waals surface area contributed by atoms with Gasteiger partial charge in [-0.05, 0) is 29.8 Å². The first kappa shape index (κ1) is 21.2. The molecule has 8 heteroatoms. The molecule has 0 fully saturated rings. The minimum Gasteiger partial charge on any atom is -0.465 e. The molecule has 2 rings (SSSR count). The molecule has 0 aromatic heterocycles. The number of nitriles is 1. The van der Waals surface area contributed by atoms with Crippen LogP contribution < -0.4 is 10.6 Å². The van der Waals surface area contributed by atoms with E-state index in [2.05, 4.69) is 20.1 Å². The van der Waals surface area contributed by atoms with Crippen LogP contribution in [0.15, 0.2) is 60.3 Å². The SMILES string of the molecule is COC(=O)c1ccc(CN/C=C(/C#N)C(=O)Nc2ccccc2C(=O)OC)cc1. The number of nitrogens with one attached hydrogen (secondary N) is 2. The van der Waals surface area contributed by atoms with Gasteiger partial charge in [0.2, 0.25) is 0 Å². The topological polar surface area (TPSA) is 118 Å². The number of hydrogen-bond donors (Lipinski definition) is 2. The first-order chi connectivity index (χ1) is 14.0. The summed E-state index contributed by atoms with van der Waals surface area (Å²) in [5, 5.41) is 14.7. The number of hydrogen-bond acceptors (Lipinski definition) is 7. The summed E-state index contributed by atoms with van der Waals surface area (Å²) in [6.07, 6.45) is 1.28. The highest BCUT2D eigenvalue weighted by atomic mass is 16.5. The number of nitrogens with zero attached hydrogens (tertiary/aromatic N) is 1. The Morgan fingerprint density at radius 2 is 1.66 bits per heavy atom. The van der Waals surface area contributed by atoms with Crippen LogP contribution in [0, 0.1) is 11.3 Å². The van der Waals surface area contributed by atoms with Crippen LogP contribution in [0.25, 0.3) is 0 Å². The van der Waals surface area contributed by atoms with Gasteiger partial charge in [-0.3, -0.25) is 4.79 Å². The van der Waals surface area contributed by atoms with Gasteiger partial charge in [-0.15, -0.1) is 0 Å². The van der Waals surface area contributed by atoms with E-state index in [9.17, 15) is 19.6 Å². The summed E-state index contributed by atoms with van der Waals surface area (Å²) in [7, 11) is 2.55. The third kappa shape index (κ3) is 5.68. The Labute approximate surface area is 167 Å². The second-order valence-corrected chi connectivity index (χ2v) is 5.73. The third-order valence-electron chi connectivity index (χ3n) is 3.87. The molecule has 0 radical (unpaired) electrons. The number of rotatable bonds is 7. The summed E-state index contributed by atoms with van der Waals surface area (Å²) in [5.74, 6) is -1.70. The van der Waals surface area contributed by atoms with E-state index in [1.165, 1.54) is 32.6 Å². The van der Waals surface area contributed by atoms with Crippen molar-refractivity contribution >= 4 is 23.5 Å². The third-order valence-corrected chi connectivity index (χ3v) is 3.87. The maximum atomic E-state index is 12.4. The van der Waals surface area contributed by atoms with E-state index in [1.807, 2.05) is 6.07 Å². The van der Waals surface area contributed by atoms with Crippen LogP contribution >= 0.6 is 0 Å². The van der Waals surface area contributed by atoms with Gasteiger partial charge in [0.25, 0.3) is 5.91 Å². The molecule has 8 nitrogen and oxygen atoms in total. The standard InChI is InChI=1S/C21H19N3O5/c1-28-20(26)15-9-7-14(8-10-15)12-23-13-16(11-22)19(25)24-18-6-4-3-5-17(18)21(27)29-2/h3-10,13,23H,12H2,1-2H3,(H,24,25)/b16-13-. The Morgan fingerprint density at radius 3 is 2.28 bits per heavy atom. The molecule has 0 bridgehead atoms.